The van der Waals surface area contributed by atoms with Crippen LogP contribution < -0.4 is 17.7 Å². The number of rotatable bonds is 3. The van der Waals surface area contributed by atoms with Crippen LogP contribution in [0.25, 0.3) is 21.3 Å². The highest BCUT2D eigenvalue weighted by Gasteiger charge is 2.26. The maximum Gasteiger partial charge on any atom is 0.258 e. The number of thiophene rings is 1. The minimum atomic E-state index is -0.0894. The zero-order chi connectivity index (χ0) is 21.5. The summed E-state index contributed by atoms with van der Waals surface area (Å²) in [6.07, 6.45) is 4.62. The lowest BCUT2D eigenvalue weighted by Gasteiger charge is -2.17. The molecule has 0 spiro atoms. The molecule has 0 fully saturated rings. The van der Waals surface area contributed by atoms with Gasteiger partial charge in [-0.2, -0.15) is 0 Å². The van der Waals surface area contributed by atoms with Gasteiger partial charge in [0.15, 0.2) is 0 Å². The molecule has 4 aromatic rings. The molecule has 5 rings (SSSR count). The van der Waals surface area contributed by atoms with Crippen LogP contribution in [0.15, 0.2) is 48.5 Å². The fraction of sp³-hybridized carbons (Fsp3) is 0.259. The van der Waals surface area contributed by atoms with E-state index in [4.69, 9.17) is 4.98 Å². The van der Waals surface area contributed by atoms with Gasteiger partial charge in [0.2, 0.25) is 0 Å². The van der Waals surface area contributed by atoms with Crippen molar-refractivity contribution in [2.45, 2.75) is 46.5 Å². The highest BCUT2D eigenvalue weighted by molar-refractivity contribution is 7.19. The van der Waals surface area contributed by atoms with Gasteiger partial charge in [-0.15, -0.1) is 11.3 Å². The third kappa shape index (κ3) is 3.94. The van der Waals surface area contributed by atoms with Crippen molar-refractivity contribution in [1.29, 1.82) is 0 Å². The summed E-state index contributed by atoms with van der Waals surface area (Å²) in [5, 5.41) is 4.34. The number of nitrogens with zero attached hydrogens (tertiary/aromatic N) is 1. The third-order valence-corrected chi connectivity index (χ3v) is 7.40. The van der Waals surface area contributed by atoms with Crippen LogP contribution in [0.1, 0.15) is 50.5 Å². The molecule has 0 saturated carbocycles. The van der Waals surface area contributed by atoms with Gasteiger partial charge in [-0.25, -0.2) is 4.98 Å². The molecule has 164 valence electrons. The van der Waals surface area contributed by atoms with Crippen LogP contribution >= 0.6 is 11.3 Å². The Morgan fingerprint density at radius 2 is 1.78 bits per heavy atom. The average Bonchev–Trinajstić information content (AvgIpc) is 3.12. The average molecular weight is 462 g/mol. The predicted octanol–water partition coefficient (Wildman–Crippen LogP) is 4.02. The number of carbonyl (C=O) groups is 1. The number of nitrogens with one attached hydrogen (secondary N) is 1. The number of anilines is 1. The van der Waals surface area contributed by atoms with Crippen LogP contribution in [0.4, 0.5) is 5.69 Å². The van der Waals surface area contributed by atoms with Crippen molar-refractivity contribution in [3.05, 3.63) is 81.4 Å². The number of benzene rings is 2. The van der Waals surface area contributed by atoms with Crippen molar-refractivity contribution in [3.8, 4) is 11.1 Å². The van der Waals surface area contributed by atoms with Gasteiger partial charge >= 0.3 is 0 Å². The van der Waals surface area contributed by atoms with Crippen molar-refractivity contribution < 1.29 is 17.2 Å². The number of fused-ring (bicyclic) bond motifs is 3. The Morgan fingerprint density at radius 1 is 1.00 bits per heavy atom. The van der Waals surface area contributed by atoms with Crippen molar-refractivity contribution >= 4 is 33.1 Å². The second-order valence-electron chi connectivity index (χ2n) is 8.48. The van der Waals surface area contributed by atoms with Crippen LogP contribution in [-0.4, -0.2) is 10.9 Å². The standard InChI is InChI=1S/C27H26N2OS.ClH/c1-16-9-8-11-19(15-16)24-23(26(30)29-21-13-6-4-10-17(21)2)18(3)28-27-25(24)20-12-5-7-14-22(20)31-27;/h4,6,8-11,13,15H,5,7,12,14H2,1-3H3,(H,29,30);1H/p-1. The summed E-state index contributed by atoms with van der Waals surface area (Å²) in [5.41, 5.74) is 8.09. The van der Waals surface area contributed by atoms with Gasteiger partial charge in [0.1, 0.15) is 4.83 Å². The Hall–Kier alpha value is -2.69. The molecule has 0 atom stereocenters. The van der Waals surface area contributed by atoms with Crippen molar-refractivity contribution in [2.75, 3.05) is 5.32 Å². The van der Waals surface area contributed by atoms with E-state index in [1.807, 2.05) is 49.4 Å². The molecular weight excluding hydrogens is 436 g/mol. The number of halogens is 1. The first-order valence-electron chi connectivity index (χ1n) is 10.9. The predicted molar refractivity (Wildman–Crippen MR) is 130 cm³/mol. The quantitative estimate of drug-likeness (QED) is 0.500. The fourth-order valence-electron chi connectivity index (χ4n) is 4.67. The highest BCUT2D eigenvalue weighted by Crippen LogP contribution is 2.43. The van der Waals surface area contributed by atoms with Gasteiger partial charge in [0, 0.05) is 21.5 Å². The summed E-state index contributed by atoms with van der Waals surface area (Å²) in [4.78, 5) is 21.1. The first-order chi connectivity index (χ1) is 15.0. The molecule has 1 N–H and O–H groups in total. The van der Waals surface area contributed by atoms with E-state index < -0.39 is 0 Å². The van der Waals surface area contributed by atoms with E-state index in [2.05, 4.69) is 36.5 Å². The Bertz CT molecular complexity index is 1320. The van der Waals surface area contributed by atoms with Crippen molar-refractivity contribution in [3.63, 3.8) is 0 Å². The number of aryl methyl sites for hydroxylation is 5. The minimum absolute atomic E-state index is 0. The molecule has 0 saturated heterocycles. The van der Waals surface area contributed by atoms with Crippen LogP contribution in [0.3, 0.4) is 0 Å². The Morgan fingerprint density at radius 3 is 2.56 bits per heavy atom. The molecule has 5 heteroatoms. The number of pyridine rings is 1. The SMILES string of the molecule is Cc1cccc(-c2c(C(=O)Nc3ccccc3C)c(C)nc3sc4c(c23)CCCC4)c1.[Cl-]. The molecule has 1 aliphatic carbocycles. The van der Waals surface area contributed by atoms with Crippen molar-refractivity contribution in [2.24, 2.45) is 0 Å². The second kappa shape index (κ2) is 9.05. The van der Waals surface area contributed by atoms with E-state index in [1.165, 1.54) is 34.2 Å². The van der Waals surface area contributed by atoms with Crippen LogP contribution in [-0.2, 0) is 12.8 Å². The number of amides is 1. The molecule has 0 bridgehead atoms. The fourth-order valence-corrected chi connectivity index (χ4v) is 5.98. The van der Waals surface area contributed by atoms with Gasteiger partial charge in [0.05, 0.1) is 11.3 Å². The zero-order valence-electron chi connectivity index (χ0n) is 18.6. The Balaban J connectivity index is 0.00000245. The summed E-state index contributed by atoms with van der Waals surface area (Å²) in [6, 6.07) is 16.4. The topological polar surface area (TPSA) is 42.0 Å². The smallest absolute Gasteiger partial charge is 0.258 e. The zero-order valence-corrected chi connectivity index (χ0v) is 20.2. The molecule has 0 unspecified atom stereocenters. The molecule has 3 nitrogen and oxygen atoms in total. The van der Waals surface area contributed by atoms with Crippen molar-refractivity contribution in [1.82, 2.24) is 4.98 Å². The molecule has 32 heavy (non-hydrogen) atoms. The summed E-state index contributed by atoms with van der Waals surface area (Å²) in [7, 11) is 0. The minimum Gasteiger partial charge on any atom is -1.00 e. The summed E-state index contributed by atoms with van der Waals surface area (Å²) < 4.78 is 0. The summed E-state index contributed by atoms with van der Waals surface area (Å²) in [5.74, 6) is -0.0894. The number of carbonyl (C=O) groups excluding carboxylic acids is 1. The monoisotopic (exact) mass is 461 g/mol. The maximum absolute atomic E-state index is 13.7. The summed E-state index contributed by atoms with van der Waals surface area (Å²) in [6.45, 7) is 6.08. The van der Waals surface area contributed by atoms with E-state index >= 15 is 0 Å². The molecular formula is C27H26ClN2OS-. The largest absolute Gasteiger partial charge is 1.00 e. The Kier molecular flexibility index (Phi) is 6.36. The lowest BCUT2D eigenvalue weighted by atomic mass is 9.89. The molecule has 1 amide bonds. The number of hydrogen-bond acceptors (Lipinski definition) is 3. The van der Waals surface area contributed by atoms with Gasteiger partial charge < -0.3 is 17.7 Å². The lowest BCUT2D eigenvalue weighted by Crippen LogP contribution is -3.00. The lowest BCUT2D eigenvalue weighted by molar-refractivity contribution is -0.0000140. The van der Waals surface area contributed by atoms with E-state index in [9.17, 15) is 4.79 Å². The van der Waals surface area contributed by atoms with Crippen LogP contribution in [0.5, 0.6) is 0 Å². The van der Waals surface area contributed by atoms with E-state index in [0.717, 1.165) is 45.7 Å². The Labute approximate surface area is 199 Å². The van der Waals surface area contributed by atoms with E-state index in [1.54, 1.807) is 0 Å². The summed E-state index contributed by atoms with van der Waals surface area (Å²) >= 11 is 1.81. The molecule has 0 aliphatic heterocycles. The number of aromatic nitrogens is 1. The normalized spacial score (nSPS) is 12.8. The van der Waals surface area contributed by atoms with Crippen LogP contribution in [0.2, 0.25) is 0 Å². The first-order valence-corrected chi connectivity index (χ1v) is 11.7. The maximum atomic E-state index is 13.7. The number of hydrogen-bond donors (Lipinski definition) is 1. The molecule has 2 aromatic heterocycles. The molecule has 0 radical (unpaired) electrons. The molecule has 1 aliphatic rings. The third-order valence-electron chi connectivity index (χ3n) is 6.21. The van der Waals surface area contributed by atoms with E-state index in [0.29, 0.717) is 5.56 Å². The second-order valence-corrected chi connectivity index (χ2v) is 9.56. The number of para-hydroxylation sites is 1. The van der Waals surface area contributed by atoms with Gasteiger partial charge in [-0.3, -0.25) is 4.79 Å². The van der Waals surface area contributed by atoms with Gasteiger partial charge in [-0.1, -0.05) is 48.0 Å². The van der Waals surface area contributed by atoms with Gasteiger partial charge in [-0.05, 0) is 69.2 Å². The first kappa shape index (κ1) is 22.5. The van der Waals surface area contributed by atoms with E-state index in [-0.39, 0.29) is 18.3 Å². The molecule has 2 heterocycles. The highest BCUT2D eigenvalue weighted by atomic mass is 35.5. The molecule has 2 aromatic carbocycles. The van der Waals surface area contributed by atoms with Gasteiger partial charge in [0.25, 0.3) is 5.91 Å². The van der Waals surface area contributed by atoms with Crippen LogP contribution in [0, 0.1) is 20.8 Å².